The minimum atomic E-state index is 0.633. The lowest BCUT2D eigenvalue weighted by atomic mass is 10.1. The summed E-state index contributed by atoms with van der Waals surface area (Å²) in [6, 6.07) is 7.76. The van der Waals surface area contributed by atoms with E-state index in [0.717, 1.165) is 17.7 Å². The second-order valence-electron chi connectivity index (χ2n) is 2.89. The van der Waals surface area contributed by atoms with Gasteiger partial charge in [0.1, 0.15) is 0 Å². The Kier molecular flexibility index (Phi) is 3.48. The molecule has 0 saturated carbocycles. The van der Waals surface area contributed by atoms with Crippen LogP contribution in [-0.4, -0.2) is 6.61 Å². The number of benzene rings is 1. The number of nitrogens with zero attached hydrogens (tertiary/aromatic N) is 1. The molecule has 0 aromatic heterocycles. The molecule has 0 N–H and O–H groups in total. The molecule has 0 bridgehead atoms. The molecule has 0 atom stereocenters. The maximum absolute atomic E-state index is 8.65. The molecule has 0 aliphatic carbocycles. The molecule has 0 spiro atoms. The minimum Gasteiger partial charge on any atom is -0.377 e. The summed E-state index contributed by atoms with van der Waals surface area (Å²) < 4.78 is 5.29. The van der Waals surface area contributed by atoms with Gasteiger partial charge in [-0.2, -0.15) is 5.26 Å². The van der Waals surface area contributed by atoms with Crippen molar-refractivity contribution in [2.24, 2.45) is 0 Å². The van der Waals surface area contributed by atoms with Gasteiger partial charge in [0.15, 0.2) is 0 Å². The van der Waals surface area contributed by atoms with Gasteiger partial charge in [0.2, 0.25) is 0 Å². The molecule has 0 amide bonds. The summed E-state index contributed by atoms with van der Waals surface area (Å²) in [7, 11) is 0. The van der Waals surface area contributed by atoms with Gasteiger partial charge in [-0.15, -0.1) is 0 Å². The van der Waals surface area contributed by atoms with Gasteiger partial charge >= 0.3 is 0 Å². The third-order valence-corrected chi connectivity index (χ3v) is 1.93. The van der Waals surface area contributed by atoms with Gasteiger partial charge in [0.05, 0.1) is 18.2 Å². The highest BCUT2D eigenvalue weighted by Gasteiger charge is 1.98. The van der Waals surface area contributed by atoms with Gasteiger partial charge in [0, 0.05) is 6.61 Å². The molecule has 0 aliphatic heterocycles. The molecule has 13 heavy (non-hydrogen) atoms. The fourth-order valence-electron chi connectivity index (χ4n) is 1.14. The zero-order chi connectivity index (χ0) is 9.68. The van der Waals surface area contributed by atoms with Crippen molar-refractivity contribution in [2.75, 3.05) is 6.61 Å². The van der Waals surface area contributed by atoms with Crippen LogP contribution in [0.15, 0.2) is 18.2 Å². The maximum atomic E-state index is 8.65. The Hall–Kier alpha value is -1.33. The number of aryl methyl sites for hydroxylation is 1. The molecule has 2 heteroatoms. The van der Waals surface area contributed by atoms with Crippen molar-refractivity contribution in [1.29, 1.82) is 5.26 Å². The summed E-state index contributed by atoms with van der Waals surface area (Å²) >= 11 is 0. The summed E-state index contributed by atoms with van der Waals surface area (Å²) in [4.78, 5) is 0. The Bertz CT molecular complexity index is 325. The van der Waals surface area contributed by atoms with Gasteiger partial charge < -0.3 is 4.74 Å². The number of nitriles is 1. The van der Waals surface area contributed by atoms with E-state index in [1.165, 1.54) is 0 Å². The molecule has 2 nitrogen and oxygen atoms in total. The Labute approximate surface area is 78.8 Å². The predicted octanol–water partition coefficient (Wildman–Crippen LogP) is 2.40. The molecule has 1 aromatic carbocycles. The SMILES string of the molecule is CCOCc1ccc(C#N)cc1C. The second-order valence-corrected chi connectivity index (χ2v) is 2.89. The fraction of sp³-hybridized carbons (Fsp3) is 0.364. The first-order chi connectivity index (χ1) is 6.27. The Morgan fingerprint density at radius 3 is 2.77 bits per heavy atom. The Morgan fingerprint density at radius 1 is 1.46 bits per heavy atom. The van der Waals surface area contributed by atoms with Crippen LogP contribution in [0.5, 0.6) is 0 Å². The van der Waals surface area contributed by atoms with Crippen molar-refractivity contribution in [2.45, 2.75) is 20.5 Å². The summed E-state index contributed by atoms with van der Waals surface area (Å²) in [5.41, 5.74) is 2.98. The topological polar surface area (TPSA) is 33.0 Å². The largest absolute Gasteiger partial charge is 0.377 e. The average molecular weight is 175 g/mol. The first kappa shape index (κ1) is 9.76. The van der Waals surface area contributed by atoms with Crippen LogP contribution in [0.2, 0.25) is 0 Å². The van der Waals surface area contributed by atoms with Crippen molar-refractivity contribution < 1.29 is 4.74 Å². The zero-order valence-electron chi connectivity index (χ0n) is 8.00. The molecule has 0 unspecified atom stereocenters. The third-order valence-electron chi connectivity index (χ3n) is 1.93. The van der Waals surface area contributed by atoms with Crippen LogP contribution >= 0.6 is 0 Å². The zero-order valence-corrected chi connectivity index (χ0v) is 8.00. The van der Waals surface area contributed by atoms with Gasteiger partial charge in [-0.1, -0.05) is 6.07 Å². The van der Waals surface area contributed by atoms with E-state index in [9.17, 15) is 0 Å². The van der Waals surface area contributed by atoms with Crippen molar-refractivity contribution in [1.82, 2.24) is 0 Å². The highest BCUT2D eigenvalue weighted by atomic mass is 16.5. The quantitative estimate of drug-likeness (QED) is 0.706. The first-order valence-electron chi connectivity index (χ1n) is 4.35. The van der Waals surface area contributed by atoms with Crippen molar-refractivity contribution in [3.8, 4) is 6.07 Å². The highest BCUT2D eigenvalue weighted by molar-refractivity contribution is 5.37. The molecule has 1 aromatic rings. The van der Waals surface area contributed by atoms with E-state index in [0.29, 0.717) is 12.2 Å². The van der Waals surface area contributed by atoms with Gasteiger partial charge in [0.25, 0.3) is 0 Å². The van der Waals surface area contributed by atoms with Crippen LogP contribution in [0, 0.1) is 18.3 Å². The predicted molar refractivity (Wildman–Crippen MR) is 51.2 cm³/mol. The van der Waals surface area contributed by atoms with E-state index in [2.05, 4.69) is 6.07 Å². The van der Waals surface area contributed by atoms with Gasteiger partial charge in [-0.3, -0.25) is 0 Å². The van der Waals surface area contributed by atoms with Crippen molar-refractivity contribution in [3.63, 3.8) is 0 Å². The molecule has 0 aliphatic rings. The Morgan fingerprint density at radius 2 is 2.23 bits per heavy atom. The second kappa shape index (κ2) is 4.64. The minimum absolute atomic E-state index is 0.633. The van der Waals surface area contributed by atoms with E-state index in [1.807, 2.05) is 32.0 Å². The summed E-state index contributed by atoms with van der Waals surface area (Å²) in [5, 5.41) is 8.65. The lowest BCUT2D eigenvalue weighted by molar-refractivity contribution is 0.133. The summed E-state index contributed by atoms with van der Waals surface area (Å²) in [6.07, 6.45) is 0. The van der Waals surface area contributed by atoms with E-state index < -0.39 is 0 Å². The molecule has 0 heterocycles. The van der Waals surface area contributed by atoms with Crippen molar-refractivity contribution >= 4 is 0 Å². The van der Waals surface area contributed by atoms with Crippen LogP contribution < -0.4 is 0 Å². The summed E-state index contributed by atoms with van der Waals surface area (Å²) in [5.74, 6) is 0. The summed E-state index contributed by atoms with van der Waals surface area (Å²) in [6.45, 7) is 5.32. The standard InChI is InChI=1S/C11H13NO/c1-3-13-8-11-5-4-10(7-12)6-9(11)2/h4-6H,3,8H2,1-2H3. The maximum Gasteiger partial charge on any atom is 0.0991 e. The van der Waals surface area contributed by atoms with Gasteiger partial charge in [-0.25, -0.2) is 0 Å². The van der Waals surface area contributed by atoms with E-state index in [4.69, 9.17) is 10.00 Å². The third kappa shape index (κ3) is 2.57. The van der Waals surface area contributed by atoms with E-state index in [-0.39, 0.29) is 0 Å². The highest BCUT2D eigenvalue weighted by Crippen LogP contribution is 2.11. The molecular weight excluding hydrogens is 162 g/mol. The van der Waals surface area contributed by atoms with Gasteiger partial charge in [-0.05, 0) is 37.1 Å². The van der Waals surface area contributed by atoms with Crippen LogP contribution in [0.25, 0.3) is 0 Å². The normalized spacial score (nSPS) is 9.62. The monoisotopic (exact) mass is 175 g/mol. The smallest absolute Gasteiger partial charge is 0.0991 e. The van der Waals surface area contributed by atoms with Crippen molar-refractivity contribution in [3.05, 3.63) is 34.9 Å². The molecule has 0 fully saturated rings. The molecular formula is C11H13NO. The molecule has 0 saturated heterocycles. The first-order valence-corrected chi connectivity index (χ1v) is 4.35. The van der Waals surface area contributed by atoms with Crippen LogP contribution in [0.1, 0.15) is 23.6 Å². The Balaban J connectivity index is 2.81. The fourth-order valence-corrected chi connectivity index (χ4v) is 1.14. The number of hydrogen-bond acceptors (Lipinski definition) is 2. The van der Waals surface area contributed by atoms with Crippen LogP contribution in [-0.2, 0) is 11.3 Å². The molecule has 1 rings (SSSR count). The number of rotatable bonds is 3. The van der Waals surface area contributed by atoms with E-state index in [1.54, 1.807) is 0 Å². The van der Waals surface area contributed by atoms with Crippen LogP contribution in [0.4, 0.5) is 0 Å². The lowest BCUT2D eigenvalue weighted by Crippen LogP contribution is -1.95. The van der Waals surface area contributed by atoms with E-state index >= 15 is 0 Å². The lowest BCUT2D eigenvalue weighted by Gasteiger charge is -2.05. The number of hydrogen-bond donors (Lipinski definition) is 0. The number of ether oxygens (including phenoxy) is 1. The van der Waals surface area contributed by atoms with Crippen LogP contribution in [0.3, 0.4) is 0 Å². The average Bonchev–Trinajstić information content (AvgIpc) is 2.16. The molecule has 0 radical (unpaired) electrons. The molecule has 68 valence electrons.